The van der Waals surface area contributed by atoms with Crippen molar-refractivity contribution in [3.63, 3.8) is 0 Å². The van der Waals surface area contributed by atoms with Gasteiger partial charge in [0.15, 0.2) is 0 Å². The smallest absolute Gasteiger partial charge is 0.274 e. The molecule has 1 heterocycles. The molecular formula is C16H13N3O4. The largest absolute Gasteiger partial charge is 0.336 e. The van der Waals surface area contributed by atoms with E-state index in [1.165, 1.54) is 23.7 Å². The molecule has 4 N–H and O–H groups in total. The Balaban J connectivity index is 1.99. The lowest BCUT2D eigenvalue weighted by Gasteiger charge is -2.14. The molecule has 0 unspecified atom stereocenters. The molecule has 0 bridgehead atoms. The van der Waals surface area contributed by atoms with Gasteiger partial charge in [-0.2, -0.15) is 0 Å². The molecule has 3 amide bonds. The van der Waals surface area contributed by atoms with Crippen LogP contribution in [0, 0.1) is 0 Å². The zero-order valence-corrected chi connectivity index (χ0v) is 11.9. The first-order valence-corrected chi connectivity index (χ1v) is 6.85. The molecule has 2 aromatic carbocycles. The fourth-order valence-electron chi connectivity index (χ4n) is 2.41. The molecule has 3 rings (SSSR count). The molecule has 0 saturated heterocycles. The number of anilines is 1. The molecule has 1 aliphatic rings. The van der Waals surface area contributed by atoms with Gasteiger partial charge in [-0.05, 0) is 23.8 Å². The van der Waals surface area contributed by atoms with Gasteiger partial charge in [-0.15, -0.1) is 0 Å². The lowest BCUT2D eigenvalue weighted by atomic mass is 10.1. The fourth-order valence-corrected chi connectivity index (χ4v) is 2.41. The molecular weight excluding hydrogens is 298 g/mol. The van der Waals surface area contributed by atoms with Crippen molar-refractivity contribution in [2.75, 3.05) is 5.32 Å². The molecule has 0 aromatic heterocycles. The zero-order chi connectivity index (χ0) is 16.4. The summed E-state index contributed by atoms with van der Waals surface area (Å²) in [5.41, 5.74) is 2.74. The molecule has 1 atom stereocenters. The lowest BCUT2D eigenvalue weighted by Crippen LogP contribution is -2.33. The monoisotopic (exact) mass is 311 g/mol. The molecule has 1 aliphatic heterocycles. The number of carbonyl (C=O) groups excluding carboxylic acids is 3. The van der Waals surface area contributed by atoms with Crippen LogP contribution in [-0.2, 0) is 4.79 Å². The SMILES string of the molecule is O=C(NO)c1ccc2c(c1)NC(=O)[C@H](c1ccccc1)NC2=O. The van der Waals surface area contributed by atoms with Gasteiger partial charge < -0.3 is 10.6 Å². The van der Waals surface area contributed by atoms with Crippen LogP contribution in [0.1, 0.15) is 32.3 Å². The molecule has 0 saturated carbocycles. The van der Waals surface area contributed by atoms with Crippen LogP contribution in [0.5, 0.6) is 0 Å². The lowest BCUT2D eigenvalue weighted by molar-refractivity contribution is -0.118. The van der Waals surface area contributed by atoms with Crippen molar-refractivity contribution in [2.45, 2.75) is 6.04 Å². The summed E-state index contributed by atoms with van der Waals surface area (Å²) >= 11 is 0. The van der Waals surface area contributed by atoms with Crippen LogP contribution in [0.3, 0.4) is 0 Å². The van der Waals surface area contributed by atoms with E-state index < -0.39 is 23.8 Å². The first-order chi connectivity index (χ1) is 11.1. The average molecular weight is 311 g/mol. The van der Waals surface area contributed by atoms with Crippen molar-refractivity contribution >= 4 is 23.4 Å². The minimum Gasteiger partial charge on any atom is -0.336 e. The second kappa shape index (κ2) is 5.90. The molecule has 0 radical (unpaired) electrons. The van der Waals surface area contributed by atoms with Crippen molar-refractivity contribution in [1.29, 1.82) is 0 Å². The van der Waals surface area contributed by atoms with E-state index in [9.17, 15) is 14.4 Å². The Bertz CT molecular complexity index is 789. The summed E-state index contributed by atoms with van der Waals surface area (Å²) in [7, 11) is 0. The maximum absolute atomic E-state index is 12.4. The molecule has 7 heteroatoms. The van der Waals surface area contributed by atoms with Crippen LogP contribution in [0.2, 0.25) is 0 Å². The van der Waals surface area contributed by atoms with E-state index in [0.29, 0.717) is 5.56 Å². The zero-order valence-electron chi connectivity index (χ0n) is 11.9. The Hall–Kier alpha value is -3.19. The van der Waals surface area contributed by atoms with Gasteiger partial charge in [0.05, 0.1) is 11.3 Å². The number of benzene rings is 2. The van der Waals surface area contributed by atoms with Crippen LogP contribution in [0.25, 0.3) is 0 Å². The molecule has 0 fully saturated rings. The van der Waals surface area contributed by atoms with Gasteiger partial charge >= 0.3 is 0 Å². The number of amides is 3. The first-order valence-electron chi connectivity index (χ1n) is 6.85. The maximum Gasteiger partial charge on any atom is 0.274 e. The highest BCUT2D eigenvalue weighted by Crippen LogP contribution is 2.25. The number of rotatable bonds is 2. The number of carbonyl (C=O) groups is 3. The first kappa shape index (κ1) is 14.7. The summed E-state index contributed by atoms with van der Waals surface area (Å²) in [6.45, 7) is 0. The van der Waals surface area contributed by atoms with Crippen molar-refractivity contribution in [2.24, 2.45) is 0 Å². The van der Waals surface area contributed by atoms with Gasteiger partial charge in [-0.3, -0.25) is 19.6 Å². The van der Waals surface area contributed by atoms with E-state index in [4.69, 9.17) is 5.21 Å². The molecule has 23 heavy (non-hydrogen) atoms. The summed E-state index contributed by atoms with van der Waals surface area (Å²) in [5.74, 6) is -1.57. The van der Waals surface area contributed by atoms with Gasteiger partial charge in [0.2, 0.25) is 0 Å². The van der Waals surface area contributed by atoms with Crippen LogP contribution in [-0.4, -0.2) is 22.9 Å². The predicted molar refractivity (Wildman–Crippen MR) is 81.0 cm³/mol. The predicted octanol–water partition coefficient (Wildman–Crippen LogP) is 1.23. The fraction of sp³-hybridized carbons (Fsp3) is 0.0625. The van der Waals surface area contributed by atoms with E-state index in [0.717, 1.165) is 0 Å². The normalized spacial score (nSPS) is 16.7. The summed E-state index contributed by atoms with van der Waals surface area (Å²) in [6, 6.07) is 12.2. The van der Waals surface area contributed by atoms with Crippen molar-refractivity contribution in [1.82, 2.24) is 10.8 Å². The van der Waals surface area contributed by atoms with Gasteiger partial charge in [0.1, 0.15) is 6.04 Å². The van der Waals surface area contributed by atoms with E-state index >= 15 is 0 Å². The quantitative estimate of drug-likeness (QED) is 0.494. The Morgan fingerprint density at radius 3 is 2.52 bits per heavy atom. The molecule has 7 nitrogen and oxygen atoms in total. The van der Waals surface area contributed by atoms with Gasteiger partial charge in [-0.25, -0.2) is 5.48 Å². The summed E-state index contributed by atoms with van der Waals surface area (Å²) in [5, 5.41) is 14.0. The minimum absolute atomic E-state index is 0.123. The third-order valence-electron chi connectivity index (χ3n) is 3.56. The van der Waals surface area contributed by atoms with E-state index in [-0.39, 0.29) is 16.8 Å². The number of fused-ring (bicyclic) bond motifs is 1. The van der Waals surface area contributed by atoms with Gasteiger partial charge in [0, 0.05) is 5.56 Å². The summed E-state index contributed by atoms with van der Waals surface area (Å²) < 4.78 is 0. The maximum atomic E-state index is 12.4. The second-order valence-corrected chi connectivity index (χ2v) is 5.01. The number of hydrogen-bond acceptors (Lipinski definition) is 4. The number of hydrogen-bond donors (Lipinski definition) is 4. The van der Waals surface area contributed by atoms with E-state index in [1.54, 1.807) is 24.3 Å². The molecule has 0 aliphatic carbocycles. The Morgan fingerprint density at radius 1 is 1.09 bits per heavy atom. The Kier molecular flexibility index (Phi) is 3.78. The third-order valence-corrected chi connectivity index (χ3v) is 3.56. The van der Waals surface area contributed by atoms with E-state index in [1.807, 2.05) is 6.07 Å². The standard InChI is InChI=1S/C16H13N3O4/c20-14(19-23)10-6-7-11-12(8-10)17-16(22)13(18-15(11)21)9-4-2-1-3-5-9/h1-8,13,23H,(H,17,22)(H,18,21)(H,19,20)/t13-/m0/s1. The number of nitrogens with one attached hydrogen (secondary N) is 3. The van der Waals surface area contributed by atoms with E-state index in [2.05, 4.69) is 10.6 Å². The van der Waals surface area contributed by atoms with Crippen LogP contribution < -0.4 is 16.1 Å². The van der Waals surface area contributed by atoms with Crippen LogP contribution in [0.4, 0.5) is 5.69 Å². The highest BCUT2D eigenvalue weighted by Gasteiger charge is 2.29. The second-order valence-electron chi connectivity index (χ2n) is 5.01. The van der Waals surface area contributed by atoms with Gasteiger partial charge in [-0.1, -0.05) is 30.3 Å². The molecule has 116 valence electrons. The summed E-state index contributed by atoms with van der Waals surface area (Å²) in [6.07, 6.45) is 0. The van der Waals surface area contributed by atoms with Crippen LogP contribution >= 0.6 is 0 Å². The van der Waals surface area contributed by atoms with Crippen molar-refractivity contribution in [3.05, 3.63) is 65.2 Å². The van der Waals surface area contributed by atoms with Crippen molar-refractivity contribution < 1.29 is 19.6 Å². The molecule has 0 spiro atoms. The molecule has 2 aromatic rings. The third kappa shape index (κ3) is 2.77. The highest BCUT2D eigenvalue weighted by atomic mass is 16.5. The van der Waals surface area contributed by atoms with Crippen LogP contribution in [0.15, 0.2) is 48.5 Å². The summed E-state index contributed by atoms with van der Waals surface area (Å²) in [4.78, 5) is 36.2. The topological polar surface area (TPSA) is 108 Å². The minimum atomic E-state index is -0.828. The number of hydroxylamine groups is 1. The highest BCUT2D eigenvalue weighted by molar-refractivity contribution is 6.11. The van der Waals surface area contributed by atoms with Gasteiger partial charge in [0.25, 0.3) is 17.7 Å². The Labute approximate surface area is 131 Å². The average Bonchev–Trinajstić information content (AvgIpc) is 2.71. The Morgan fingerprint density at radius 2 is 1.83 bits per heavy atom. The van der Waals surface area contributed by atoms with Crippen molar-refractivity contribution in [3.8, 4) is 0 Å².